The highest BCUT2D eigenvalue weighted by atomic mass is 16.6. The van der Waals surface area contributed by atoms with Crippen molar-refractivity contribution in [3.05, 3.63) is 54.1 Å². The number of allylic oxidation sites excluding steroid dienone is 2. The fourth-order valence-electron chi connectivity index (χ4n) is 4.16. The lowest BCUT2D eigenvalue weighted by molar-refractivity contribution is -0.133. The van der Waals surface area contributed by atoms with Gasteiger partial charge in [0.15, 0.2) is 5.60 Å². The van der Waals surface area contributed by atoms with E-state index in [9.17, 15) is 14.9 Å². The number of benzene rings is 1. The molecule has 1 aromatic carbocycles. The van der Waals surface area contributed by atoms with Crippen molar-refractivity contribution in [2.24, 2.45) is 0 Å². The highest BCUT2D eigenvalue weighted by molar-refractivity contribution is 5.82. The summed E-state index contributed by atoms with van der Waals surface area (Å²) in [4.78, 5) is 30.1. The van der Waals surface area contributed by atoms with Crippen LogP contribution in [-0.4, -0.2) is 90.8 Å². The van der Waals surface area contributed by atoms with Gasteiger partial charge in [-0.3, -0.25) is 9.69 Å². The van der Waals surface area contributed by atoms with Gasteiger partial charge in [-0.25, -0.2) is 4.79 Å². The summed E-state index contributed by atoms with van der Waals surface area (Å²) in [6.45, 7) is 9.54. The largest absolute Gasteiger partial charge is 0.444 e. The SMILES string of the molecule is CN(CC(=O)N1CCN(CCCOC2(C#N)C=CC(c3ccccc3)=CC2)CC1)C(=O)OC(C)(C)C. The van der Waals surface area contributed by atoms with Crippen LogP contribution >= 0.6 is 0 Å². The predicted molar refractivity (Wildman–Crippen MR) is 139 cm³/mol. The number of piperazine rings is 1. The summed E-state index contributed by atoms with van der Waals surface area (Å²) < 4.78 is 11.3. The van der Waals surface area contributed by atoms with E-state index < -0.39 is 17.3 Å². The summed E-state index contributed by atoms with van der Waals surface area (Å²) in [7, 11) is 1.58. The van der Waals surface area contributed by atoms with Crippen LogP contribution in [0.25, 0.3) is 5.57 Å². The Morgan fingerprint density at radius 3 is 2.42 bits per heavy atom. The molecule has 194 valence electrons. The fourth-order valence-corrected chi connectivity index (χ4v) is 4.16. The topological polar surface area (TPSA) is 86.1 Å². The number of ether oxygens (including phenoxy) is 2. The molecule has 1 atom stereocenters. The molecule has 36 heavy (non-hydrogen) atoms. The Kier molecular flexibility index (Phi) is 9.30. The van der Waals surface area contributed by atoms with Gasteiger partial charge in [-0.1, -0.05) is 42.5 Å². The zero-order valence-electron chi connectivity index (χ0n) is 21.9. The Bertz CT molecular complexity index is 1000. The van der Waals surface area contributed by atoms with Crippen LogP contribution < -0.4 is 0 Å². The van der Waals surface area contributed by atoms with Crippen LogP contribution in [0.3, 0.4) is 0 Å². The fraction of sp³-hybridized carbons (Fsp3) is 0.536. The number of amides is 2. The Balaban J connectivity index is 1.35. The second kappa shape index (κ2) is 12.2. The lowest BCUT2D eigenvalue weighted by atomic mass is 9.90. The second-order valence-corrected chi connectivity index (χ2v) is 10.3. The minimum atomic E-state index is -0.913. The molecule has 1 aliphatic heterocycles. The van der Waals surface area contributed by atoms with E-state index in [0.29, 0.717) is 26.1 Å². The monoisotopic (exact) mass is 494 g/mol. The molecule has 1 heterocycles. The molecule has 1 saturated heterocycles. The number of nitrogens with zero attached hydrogens (tertiary/aromatic N) is 4. The van der Waals surface area contributed by atoms with E-state index >= 15 is 0 Å². The molecule has 0 radical (unpaired) electrons. The number of carbonyl (C=O) groups is 2. The number of hydrogen-bond donors (Lipinski definition) is 0. The highest BCUT2D eigenvalue weighted by Crippen LogP contribution is 2.29. The molecular weight excluding hydrogens is 456 g/mol. The number of likely N-dealkylation sites (N-methyl/N-ethyl adjacent to an activating group) is 1. The summed E-state index contributed by atoms with van der Waals surface area (Å²) >= 11 is 0. The second-order valence-electron chi connectivity index (χ2n) is 10.3. The molecular formula is C28H38N4O4. The van der Waals surface area contributed by atoms with E-state index in [4.69, 9.17) is 9.47 Å². The number of rotatable bonds is 8. The number of carbonyl (C=O) groups excluding carboxylic acids is 2. The van der Waals surface area contributed by atoms with E-state index in [-0.39, 0.29) is 12.5 Å². The Morgan fingerprint density at radius 1 is 1.14 bits per heavy atom. The molecule has 1 aromatic rings. The highest BCUT2D eigenvalue weighted by Gasteiger charge is 2.30. The van der Waals surface area contributed by atoms with Crippen molar-refractivity contribution >= 4 is 17.6 Å². The molecule has 2 amide bonds. The van der Waals surface area contributed by atoms with Crippen molar-refractivity contribution < 1.29 is 19.1 Å². The van der Waals surface area contributed by atoms with Crippen LogP contribution in [0, 0.1) is 11.3 Å². The first kappa shape index (κ1) is 27.4. The smallest absolute Gasteiger partial charge is 0.410 e. The van der Waals surface area contributed by atoms with Gasteiger partial charge >= 0.3 is 6.09 Å². The lowest BCUT2D eigenvalue weighted by Gasteiger charge is -2.35. The van der Waals surface area contributed by atoms with Crippen LogP contribution in [0.5, 0.6) is 0 Å². The number of nitriles is 1. The average molecular weight is 495 g/mol. The summed E-state index contributed by atoms with van der Waals surface area (Å²) in [5.74, 6) is -0.0747. The number of hydrogen-bond acceptors (Lipinski definition) is 6. The summed E-state index contributed by atoms with van der Waals surface area (Å²) in [6, 6.07) is 12.4. The quantitative estimate of drug-likeness (QED) is 0.512. The molecule has 2 aliphatic rings. The molecule has 0 bridgehead atoms. The molecule has 8 heteroatoms. The van der Waals surface area contributed by atoms with Gasteiger partial charge in [0, 0.05) is 46.2 Å². The first-order valence-electron chi connectivity index (χ1n) is 12.6. The van der Waals surface area contributed by atoms with Gasteiger partial charge in [0.1, 0.15) is 18.2 Å². The van der Waals surface area contributed by atoms with Gasteiger partial charge in [0.2, 0.25) is 5.91 Å². The van der Waals surface area contributed by atoms with E-state index in [1.807, 2.05) is 30.4 Å². The zero-order valence-corrected chi connectivity index (χ0v) is 21.9. The van der Waals surface area contributed by atoms with Gasteiger partial charge < -0.3 is 19.3 Å². The molecule has 0 saturated carbocycles. The normalized spacial score (nSPS) is 20.4. The standard InChI is InChI=1S/C28H38N4O4/c1-27(2,3)36-26(34)30(4)21-25(33)32-18-16-31(17-19-32)15-8-20-35-28(22-29)13-11-24(12-14-28)23-9-6-5-7-10-23/h5-7,9-13H,8,14-21H2,1-4H3. The predicted octanol–water partition coefficient (Wildman–Crippen LogP) is 3.71. The summed E-state index contributed by atoms with van der Waals surface area (Å²) in [5.41, 5.74) is 0.735. The molecule has 8 nitrogen and oxygen atoms in total. The first-order chi connectivity index (χ1) is 17.1. The average Bonchev–Trinajstić information content (AvgIpc) is 2.87. The molecule has 0 spiro atoms. The maximum absolute atomic E-state index is 12.6. The third-order valence-corrected chi connectivity index (χ3v) is 6.23. The van der Waals surface area contributed by atoms with Gasteiger partial charge in [-0.05, 0) is 44.4 Å². The summed E-state index contributed by atoms with van der Waals surface area (Å²) in [5, 5.41) is 9.74. The van der Waals surface area contributed by atoms with Crippen LogP contribution in [0.15, 0.2) is 48.6 Å². The Morgan fingerprint density at radius 2 is 1.83 bits per heavy atom. The van der Waals surface area contributed by atoms with E-state index in [2.05, 4.69) is 29.2 Å². The Hall–Kier alpha value is -3.15. The van der Waals surface area contributed by atoms with Gasteiger partial charge in [-0.15, -0.1) is 0 Å². The van der Waals surface area contributed by atoms with Crippen molar-refractivity contribution in [2.45, 2.75) is 44.8 Å². The maximum atomic E-state index is 12.6. The van der Waals surface area contributed by atoms with Crippen molar-refractivity contribution in [1.82, 2.24) is 14.7 Å². The van der Waals surface area contributed by atoms with E-state index in [1.54, 1.807) is 32.7 Å². The van der Waals surface area contributed by atoms with Crippen molar-refractivity contribution in [2.75, 3.05) is 52.9 Å². The maximum Gasteiger partial charge on any atom is 0.410 e. The molecule has 1 fully saturated rings. The molecule has 3 rings (SSSR count). The van der Waals surface area contributed by atoms with Gasteiger partial charge in [0.05, 0.1) is 6.61 Å². The molecule has 1 unspecified atom stereocenters. The zero-order chi connectivity index (χ0) is 26.2. The van der Waals surface area contributed by atoms with E-state index in [0.717, 1.165) is 37.2 Å². The van der Waals surface area contributed by atoms with Crippen LogP contribution in [0.1, 0.15) is 39.2 Å². The van der Waals surface area contributed by atoms with Crippen molar-refractivity contribution in [3.8, 4) is 6.07 Å². The molecule has 1 aliphatic carbocycles. The first-order valence-corrected chi connectivity index (χ1v) is 12.6. The third kappa shape index (κ3) is 7.94. The molecule has 0 N–H and O–H groups in total. The molecule has 0 aromatic heterocycles. The minimum Gasteiger partial charge on any atom is -0.444 e. The van der Waals surface area contributed by atoms with Gasteiger partial charge in [0.25, 0.3) is 0 Å². The minimum absolute atomic E-state index is 0.00689. The van der Waals surface area contributed by atoms with Gasteiger partial charge in [-0.2, -0.15) is 5.26 Å². The summed E-state index contributed by atoms with van der Waals surface area (Å²) in [6.07, 6.45) is 6.75. The van der Waals surface area contributed by atoms with Crippen molar-refractivity contribution in [1.29, 1.82) is 5.26 Å². The van der Waals surface area contributed by atoms with Crippen LogP contribution in [-0.2, 0) is 14.3 Å². The third-order valence-electron chi connectivity index (χ3n) is 6.23. The van der Waals surface area contributed by atoms with Crippen LogP contribution in [0.2, 0.25) is 0 Å². The van der Waals surface area contributed by atoms with E-state index in [1.165, 1.54) is 4.90 Å². The van der Waals surface area contributed by atoms with Crippen molar-refractivity contribution in [3.63, 3.8) is 0 Å². The Labute approximate surface area is 214 Å². The lowest BCUT2D eigenvalue weighted by Crippen LogP contribution is -2.51. The van der Waals surface area contributed by atoms with Crippen LogP contribution in [0.4, 0.5) is 4.79 Å².